The Kier molecular flexibility index (Phi) is 5.54. The van der Waals surface area contributed by atoms with E-state index in [9.17, 15) is 14.4 Å². The first-order valence-electron chi connectivity index (χ1n) is 10.5. The van der Waals surface area contributed by atoms with Gasteiger partial charge in [-0.15, -0.1) is 0 Å². The summed E-state index contributed by atoms with van der Waals surface area (Å²) in [6, 6.07) is 16.6. The summed E-state index contributed by atoms with van der Waals surface area (Å²) in [7, 11) is 0. The topological polar surface area (TPSA) is 79.0 Å². The standard InChI is InChI=1S/C24H27N3O4/c1-16-9-11-19(12-10-16)24(3)22(29)27(23(30)25-24)15-21(28)26-13-17(2)31-20(14-26)18-7-5-4-6-8-18/h4-12,17,20H,13-15H2,1-3H3,(H,25,30)/t17-,20-,24-/m0/s1. The molecule has 0 spiro atoms. The molecule has 7 heteroatoms. The molecule has 2 aliphatic rings. The fourth-order valence-corrected chi connectivity index (χ4v) is 4.17. The van der Waals surface area contributed by atoms with Gasteiger partial charge in [0.15, 0.2) is 0 Å². The molecule has 3 atom stereocenters. The minimum Gasteiger partial charge on any atom is -0.367 e. The minimum absolute atomic E-state index is 0.149. The van der Waals surface area contributed by atoms with Gasteiger partial charge in [-0.2, -0.15) is 0 Å². The number of benzene rings is 2. The molecule has 2 fully saturated rings. The number of imide groups is 1. The number of ether oxygens (including phenoxy) is 1. The van der Waals surface area contributed by atoms with Crippen molar-refractivity contribution in [1.82, 2.24) is 15.1 Å². The third kappa shape index (κ3) is 4.05. The predicted molar refractivity (Wildman–Crippen MR) is 115 cm³/mol. The fourth-order valence-electron chi connectivity index (χ4n) is 4.17. The highest BCUT2D eigenvalue weighted by atomic mass is 16.5. The number of hydrogen-bond donors (Lipinski definition) is 1. The lowest BCUT2D eigenvalue weighted by atomic mass is 9.91. The van der Waals surface area contributed by atoms with Gasteiger partial charge in [-0.25, -0.2) is 4.79 Å². The van der Waals surface area contributed by atoms with Crippen molar-refractivity contribution in [2.45, 2.75) is 38.5 Å². The van der Waals surface area contributed by atoms with E-state index in [1.165, 1.54) is 0 Å². The first-order valence-corrected chi connectivity index (χ1v) is 10.5. The van der Waals surface area contributed by atoms with Crippen LogP contribution in [-0.2, 0) is 19.9 Å². The molecule has 2 aromatic rings. The van der Waals surface area contributed by atoms with Crippen molar-refractivity contribution in [3.05, 3.63) is 71.3 Å². The Bertz CT molecular complexity index is 992. The summed E-state index contributed by atoms with van der Waals surface area (Å²) in [5.74, 6) is -0.691. The highest BCUT2D eigenvalue weighted by Gasteiger charge is 2.49. The van der Waals surface area contributed by atoms with Gasteiger partial charge < -0.3 is 15.0 Å². The molecule has 0 unspecified atom stereocenters. The molecule has 31 heavy (non-hydrogen) atoms. The molecule has 2 saturated heterocycles. The lowest BCUT2D eigenvalue weighted by molar-refractivity contribution is -0.148. The summed E-state index contributed by atoms with van der Waals surface area (Å²) in [4.78, 5) is 41.5. The van der Waals surface area contributed by atoms with E-state index in [2.05, 4.69) is 5.32 Å². The number of amides is 4. The highest BCUT2D eigenvalue weighted by molar-refractivity contribution is 6.09. The Balaban J connectivity index is 1.48. The summed E-state index contributed by atoms with van der Waals surface area (Å²) in [6.07, 6.45) is -0.390. The third-order valence-electron chi connectivity index (χ3n) is 5.98. The van der Waals surface area contributed by atoms with Crippen molar-refractivity contribution >= 4 is 17.8 Å². The highest BCUT2D eigenvalue weighted by Crippen LogP contribution is 2.30. The maximum Gasteiger partial charge on any atom is 0.325 e. The van der Waals surface area contributed by atoms with Gasteiger partial charge in [0, 0.05) is 6.54 Å². The number of nitrogens with one attached hydrogen (secondary N) is 1. The van der Waals surface area contributed by atoms with Crippen LogP contribution in [0.4, 0.5) is 4.79 Å². The molecule has 0 bridgehead atoms. The Morgan fingerprint density at radius 3 is 2.45 bits per heavy atom. The second-order valence-corrected chi connectivity index (χ2v) is 8.46. The zero-order valence-corrected chi connectivity index (χ0v) is 18.0. The predicted octanol–water partition coefficient (Wildman–Crippen LogP) is 2.75. The Morgan fingerprint density at radius 2 is 1.77 bits per heavy atom. The quantitative estimate of drug-likeness (QED) is 0.770. The lowest BCUT2D eigenvalue weighted by Gasteiger charge is -2.37. The Hall–Kier alpha value is -3.19. The summed E-state index contributed by atoms with van der Waals surface area (Å²) >= 11 is 0. The van der Waals surface area contributed by atoms with Crippen LogP contribution in [0.25, 0.3) is 0 Å². The maximum absolute atomic E-state index is 13.1. The number of rotatable bonds is 4. The van der Waals surface area contributed by atoms with Gasteiger partial charge in [0.1, 0.15) is 18.2 Å². The van der Waals surface area contributed by atoms with E-state index in [1.807, 2.05) is 68.4 Å². The van der Waals surface area contributed by atoms with E-state index in [0.717, 1.165) is 16.0 Å². The molecule has 0 aromatic heterocycles. The number of aryl methyl sites for hydroxylation is 1. The Morgan fingerprint density at radius 1 is 1.10 bits per heavy atom. The number of carbonyl (C=O) groups excluding carboxylic acids is 3. The molecule has 162 valence electrons. The average Bonchev–Trinajstić information content (AvgIpc) is 2.98. The molecule has 2 heterocycles. The SMILES string of the molecule is Cc1ccc([C@]2(C)NC(=O)N(CC(=O)N3C[C@@H](c4ccccc4)O[C@@H](C)C3)C2=O)cc1. The number of hydrogen-bond acceptors (Lipinski definition) is 4. The number of nitrogens with zero attached hydrogens (tertiary/aromatic N) is 2. The molecule has 0 radical (unpaired) electrons. The van der Waals surface area contributed by atoms with Gasteiger partial charge in [-0.3, -0.25) is 14.5 Å². The molecule has 7 nitrogen and oxygen atoms in total. The van der Waals surface area contributed by atoms with Gasteiger partial charge in [-0.05, 0) is 31.9 Å². The maximum atomic E-state index is 13.1. The summed E-state index contributed by atoms with van der Waals surface area (Å²) in [5.41, 5.74) is 1.56. The molecule has 4 rings (SSSR count). The molecule has 0 saturated carbocycles. The minimum atomic E-state index is -1.18. The monoisotopic (exact) mass is 421 g/mol. The molecule has 2 aliphatic heterocycles. The van der Waals surface area contributed by atoms with E-state index in [-0.39, 0.29) is 24.7 Å². The zero-order chi connectivity index (χ0) is 22.2. The van der Waals surface area contributed by atoms with Crippen LogP contribution < -0.4 is 5.32 Å². The van der Waals surface area contributed by atoms with Crippen molar-refractivity contribution < 1.29 is 19.1 Å². The van der Waals surface area contributed by atoms with Gasteiger partial charge in [0.25, 0.3) is 5.91 Å². The second-order valence-electron chi connectivity index (χ2n) is 8.46. The summed E-state index contributed by atoms with van der Waals surface area (Å²) in [5, 5.41) is 2.76. The number of urea groups is 1. The lowest BCUT2D eigenvalue weighted by Crippen LogP contribution is -2.50. The van der Waals surface area contributed by atoms with Crippen LogP contribution in [0.3, 0.4) is 0 Å². The molecular formula is C24H27N3O4. The van der Waals surface area contributed by atoms with Crippen molar-refractivity contribution in [2.75, 3.05) is 19.6 Å². The fraction of sp³-hybridized carbons (Fsp3) is 0.375. The van der Waals surface area contributed by atoms with E-state index in [1.54, 1.807) is 11.8 Å². The Labute approximate surface area is 182 Å². The first kappa shape index (κ1) is 21.1. The van der Waals surface area contributed by atoms with Crippen molar-refractivity contribution in [1.29, 1.82) is 0 Å². The molecule has 1 N–H and O–H groups in total. The van der Waals surface area contributed by atoms with Crippen LogP contribution in [0, 0.1) is 6.92 Å². The van der Waals surface area contributed by atoms with Crippen LogP contribution >= 0.6 is 0 Å². The van der Waals surface area contributed by atoms with E-state index < -0.39 is 17.5 Å². The summed E-state index contributed by atoms with van der Waals surface area (Å²) < 4.78 is 6.01. The van der Waals surface area contributed by atoms with Crippen LogP contribution in [-0.4, -0.2) is 53.4 Å². The average molecular weight is 421 g/mol. The van der Waals surface area contributed by atoms with Gasteiger partial charge in [0.05, 0.1) is 12.6 Å². The van der Waals surface area contributed by atoms with Crippen molar-refractivity contribution in [3.8, 4) is 0 Å². The van der Waals surface area contributed by atoms with Crippen LogP contribution in [0.15, 0.2) is 54.6 Å². The van der Waals surface area contributed by atoms with E-state index in [4.69, 9.17) is 4.74 Å². The smallest absolute Gasteiger partial charge is 0.325 e. The van der Waals surface area contributed by atoms with Gasteiger partial charge in [-0.1, -0.05) is 60.2 Å². The zero-order valence-electron chi connectivity index (χ0n) is 18.0. The van der Waals surface area contributed by atoms with Gasteiger partial charge >= 0.3 is 6.03 Å². The second kappa shape index (κ2) is 8.15. The van der Waals surface area contributed by atoms with E-state index >= 15 is 0 Å². The van der Waals surface area contributed by atoms with Crippen molar-refractivity contribution in [3.63, 3.8) is 0 Å². The first-order chi connectivity index (χ1) is 14.8. The number of morpholine rings is 1. The van der Waals surface area contributed by atoms with Crippen LogP contribution in [0.2, 0.25) is 0 Å². The molecule has 0 aliphatic carbocycles. The third-order valence-corrected chi connectivity index (χ3v) is 5.98. The van der Waals surface area contributed by atoms with Crippen molar-refractivity contribution in [2.24, 2.45) is 0 Å². The summed E-state index contributed by atoms with van der Waals surface area (Å²) in [6.45, 7) is 6.05. The number of carbonyl (C=O) groups is 3. The van der Waals surface area contributed by atoms with Crippen LogP contribution in [0.5, 0.6) is 0 Å². The largest absolute Gasteiger partial charge is 0.367 e. The van der Waals surface area contributed by atoms with Crippen LogP contribution in [0.1, 0.15) is 36.6 Å². The molecular weight excluding hydrogens is 394 g/mol. The van der Waals surface area contributed by atoms with E-state index in [0.29, 0.717) is 18.7 Å². The molecule has 2 aromatic carbocycles. The normalized spacial score (nSPS) is 26.2. The molecule has 4 amide bonds. The van der Waals surface area contributed by atoms with Gasteiger partial charge in [0.2, 0.25) is 5.91 Å².